The van der Waals surface area contributed by atoms with Crippen LogP contribution in [0, 0.1) is 24.0 Å². The number of amides is 1. The van der Waals surface area contributed by atoms with Crippen molar-refractivity contribution < 1.29 is 14.8 Å². The quantitative estimate of drug-likeness (QED) is 0.330. The first-order chi connectivity index (χ1) is 8.84. The third-order valence-electron chi connectivity index (χ3n) is 2.50. The van der Waals surface area contributed by atoms with E-state index in [-0.39, 0.29) is 29.6 Å². The first-order valence-electron chi connectivity index (χ1n) is 5.36. The summed E-state index contributed by atoms with van der Waals surface area (Å²) in [5.74, 6) is 0. The van der Waals surface area contributed by atoms with E-state index in [1.165, 1.54) is 0 Å². The second-order valence-corrected chi connectivity index (χ2v) is 4.11. The van der Waals surface area contributed by atoms with E-state index in [0.717, 1.165) is 0 Å². The maximum atomic E-state index is 11.0. The van der Waals surface area contributed by atoms with Gasteiger partial charge < -0.3 is 15.7 Å². The summed E-state index contributed by atoms with van der Waals surface area (Å²) in [7, 11) is 0. The van der Waals surface area contributed by atoms with Crippen LogP contribution in [-0.4, -0.2) is 34.2 Å². The van der Waals surface area contributed by atoms with E-state index in [0.29, 0.717) is 11.3 Å². The average Bonchev–Trinajstić information content (AvgIpc) is 2.29. The second kappa shape index (κ2) is 6.19. The molecule has 104 valence electrons. The van der Waals surface area contributed by atoms with Crippen molar-refractivity contribution in [1.29, 1.82) is 0 Å². The fourth-order valence-electron chi connectivity index (χ4n) is 1.49. The van der Waals surface area contributed by atoms with Crippen molar-refractivity contribution in [2.24, 2.45) is 0 Å². The Morgan fingerprint density at radius 2 is 2.11 bits per heavy atom. The van der Waals surface area contributed by atoms with Crippen molar-refractivity contribution in [3.63, 3.8) is 0 Å². The van der Waals surface area contributed by atoms with Crippen LogP contribution >= 0.6 is 11.6 Å². The number of carboxylic acid groups (broad SMARTS) is 1. The highest BCUT2D eigenvalue weighted by molar-refractivity contribution is 6.32. The molecule has 1 amide bonds. The van der Waals surface area contributed by atoms with Gasteiger partial charge in [-0.1, -0.05) is 11.6 Å². The Hall–Kier alpha value is -2.09. The van der Waals surface area contributed by atoms with Gasteiger partial charge in [0.25, 0.3) is 0 Å². The van der Waals surface area contributed by atoms with Crippen molar-refractivity contribution in [2.45, 2.75) is 13.8 Å². The van der Waals surface area contributed by atoms with Gasteiger partial charge in [0, 0.05) is 24.3 Å². The number of anilines is 1. The normalized spacial score (nSPS) is 10.1. The second-order valence-electron chi connectivity index (χ2n) is 3.75. The third-order valence-corrected chi connectivity index (χ3v) is 2.76. The number of hydrogen-bond acceptors (Lipinski definition) is 5. The lowest BCUT2D eigenvalue weighted by molar-refractivity contribution is -0.384. The summed E-state index contributed by atoms with van der Waals surface area (Å²) in [6, 6.07) is 0. The number of nitrogens with zero attached hydrogens (tertiary/aromatic N) is 2. The molecule has 19 heavy (non-hydrogen) atoms. The molecule has 1 aromatic rings. The number of halogens is 1. The van der Waals surface area contributed by atoms with Gasteiger partial charge in [-0.15, -0.1) is 0 Å². The first-order valence-corrected chi connectivity index (χ1v) is 5.74. The minimum Gasteiger partial charge on any atom is -0.465 e. The fraction of sp³-hybridized carbons (Fsp3) is 0.400. The molecule has 1 heterocycles. The van der Waals surface area contributed by atoms with Gasteiger partial charge in [0.05, 0.1) is 4.92 Å². The predicted molar refractivity (Wildman–Crippen MR) is 69.9 cm³/mol. The van der Waals surface area contributed by atoms with Crippen LogP contribution in [0.4, 0.5) is 16.2 Å². The summed E-state index contributed by atoms with van der Waals surface area (Å²) in [4.78, 5) is 24.5. The Bertz CT molecular complexity index is 521. The zero-order valence-electron chi connectivity index (χ0n) is 10.4. The van der Waals surface area contributed by atoms with E-state index >= 15 is 0 Å². The van der Waals surface area contributed by atoms with Crippen molar-refractivity contribution in [3.05, 3.63) is 26.5 Å². The third kappa shape index (κ3) is 3.68. The smallest absolute Gasteiger partial charge is 0.404 e. The summed E-state index contributed by atoms with van der Waals surface area (Å²) in [5, 5.41) is 24.2. The predicted octanol–water partition coefficient (Wildman–Crippen LogP) is 1.94. The minimum atomic E-state index is -1.16. The lowest BCUT2D eigenvalue weighted by Gasteiger charge is -2.12. The van der Waals surface area contributed by atoms with E-state index in [1.807, 2.05) is 0 Å². The molecule has 0 aliphatic rings. The molecule has 0 aromatic carbocycles. The standard InChI is InChI=1S/C10H13ClN4O4/c1-5-6(2)14-9(11)8(15(18)19)7(5)12-3-4-13-10(16)17/h13H,3-4H2,1-2H3,(H,12,14)(H,16,17). The highest BCUT2D eigenvalue weighted by Crippen LogP contribution is 2.34. The Morgan fingerprint density at radius 1 is 1.47 bits per heavy atom. The number of carbonyl (C=O) groups is 1. The zero-order valence-corrected chi connectivity index (χ0v) is 11.1. The molecular weight excluding hydrogens is 276 g/mol. The van der Waals surface area contributed by atoms with Crippen molar-refractivity contribution in [1.82, 2.24) is 10.3 Å². The van der Waals surface area contributed by atoms with E-state index in [4.69, 9.17) is 16.7 Å². The maximum Gasteiger partial charge on any atom is 0.404 e. The van der Waals surface area contributed by atoms with Gasteiger partial charge >= 0.3 is 11.8 Å². The van der Waals surface area contributed by atoms with E-state index in [9.17, 15) is 14.9 Å². The molecule has 1 rings (SSSR count). The van der Waals surface area contributed by atoms with Gasteiger partial charge in [0.15, 0.2) is 0 Å². The van der Waals surface area contributed by atoms with Crippen LogP contribution in [0.1, 0.15) is 11.3 Å². The monoisotopic (exact) mass is 288 g/mol. The average molecular weight is 289 g/mol. The summed E-state index contributed by atoms with van der Waals surface area (Å²) >= 11 is 5.76. The number of rotatable bonds is 5. The molecule has 1 aromatic heterocycles. The van der Waals surface area contributed by atoms with Crippen LogP contribution in [0.15, 0.2) is 0 Å². The molecule has 0 spiro atoms. The molecule has 0 aliphatic carbocycles. The van der Waals surface area contributed by atoms with Gasteiger partial charge in [-0.05, 0) is 13.8 Å². The van der Waals surface area contributed by atoms with Crippen LogP contribution in [0.5, 0.6) is 0 Å². The highest BCUT2D eigenvalue weighted by atomic mass is 35.5. The Balaban J connectivity index is 2.97. The summed E-state index contributed by atoms with van der Waals surface area (Å²) in [5.41, 5.74) is 1.13. The van der Waals surface area contributed by atoms with Crippen molar-refractivity contribution in [3.8, 4) is 0 Å². The van der Waals surface area contributed by atoms with E-state index < -0.39 is 11.0 Å². The number of aryl methyl sites for hydroxylation is 1. The summed E-state index contributed by atoms with van der Waals surface area (Å²) < 4.78 is 0. The summed E-state index contributed by atoms with van der Waals surface area (Å²) in [6.45, 7) is 3.68. The fourth-order valence-corrected chi connectivity index (χ4v) is 1.78. The van der Waals surface area contributed by atoms with Crippen LogP contribution < -0.4 is 10.6 Å². The van der Waals surface area contributed by atoms with Crippen LogP contribution in [0.2, 0.25) is 5.15 Å². The van der Waals surface area contributed by atoms with E-state index in [1.54, 1.807) is 13.8 Å². The van der Waals surface area contributed by atoms with Crippen LogP contribution in [0.25, 0.3) is 0 Å². The van der Waals surface area contributed by atoms with Gasteiger partial charge in [-0.25, -0.2) is 9.78 Å². The largest absolute Gasteiger partial charge is 0.465 e. The van der Waals surface area contributed by atoms with Gasteiger partial charge in [-0.2, -0.15) is 0 Å². The SMILES string of the molecule is Cc1nc(Cl)c([N+](=O)[O-])c(NCCNC(=O)O)c1C. The van der Waals surface area contributed by atoms with Gasteiger partial charge in [0.2, 0.25) is 5.15 Å². The maximum absolute atomic E-state index is 11.0. The van der Waals surface area contributed by atoms with Gasteiger partial charge in [0.1, 0.15) is 5.69 Å². The molecule has 0 radical (unpaired) electrons. The van der Waals surface area contributed by atoms with Crippen molar-refractivity contribution in [2.75, 3.05) is 18.4 Å². The number of nitrogens with one attached hydrogen (secondary N) is 2. The Morgan fingerprint density at radius 3 is 2.63 bits per heavy atom. The molecule has 0 bridgehead atoms. The number of hydrogen-bond donors (Lipinski definition) is 3. The van der Waals surface area contributed by atoms with Crippen LogP contribution in [0.3, 0.4) is 0 Å². The topological polar surface area (TPSA) is 117 Å². The molecular formula is C10H13ClN4O4. The number of pyridine rings is 1. The molecule has 3 N–H and O–H groups in total. The molecule has 0 saturated carbocycles. The lowest BCUT2D eigenvalue weighted by atomic mass is 10.1. The minimum absolute atomic E-state index is 0.116. The zero-order chi connectivity index (χ0) is 14.6. The molecule has 9 heteroatoms. The van der Waals surface area contributed by atoms with Crippen molar-refractivity contribution >= 4 is 29.1 Å². The molecule has 0 atom stereocenters. The molecule has 8 nitrogen and oxygen atoms in total. The first kappa shape index (κ1) is 15.0. The Labute approximate surface area is 113 Å². The number of aromatic nitrogens is 1. The molecule has 0 saturated heterocycles. The molecule has 0 aliphatic heterocycles. The summed E-state index contributed by atoms with van der Waals surface area (Å²) in [6.07, 6.45) is -1.16. The number of nitro groups is 1. The van der Waals surface area contributed by atoms with Gasteiger partial charge in [-0.3, -0.25) is 10.1 Å². The van der Waals surface area contributed by atoms with E-state index in [2.05, 4.69) is 15.6 Å². The highest BCUT2D eigenvalue weighted by Gasteiger charge is 2.23. The lowest BCUT2D eigenvalue weighted by Crippen LogP contribution is -2.27. The molecule has 0 unspecified atom stereocenters. The molecule has 0 fully saturated rings. The van der Waals surface area contributed by atoms with Crippen LogP contribution in [-0.2, 0) is 0 Å². The Kier molecular flexibility index (Phi) is 4.87.